The first-order valence-electron chi connectivity index (χ1n) is 12.5. The van der Waals surface area contributed by atoms with E-state index in [0.717, 1.165) is 16.7 Å². The van der Waals surface area contributed by atoms with E-state index in [1.54, 1.807) is 17.2 Å². The van der Waals surface area contributed by atoms with Gasteiger partial charge in [0.2, 0.25) is 0 Å². The number of aromatic carboxylic acids is 1. The van der Waals surface area contributed by atoms with Crippen molar-refractivity contribution in [2.75, 3.05) is 13.1 Å². The molecule has 2 N–H and O–H groups in total. The van der Waals surface area contributed by atoms with Crippen molar-refractivity contribution in [3.63, 3.8) is 0 Å². The van der Waals surface area contributed by atoms with Crippen LogP contribution < -0.4 is 5.32 Å². The zero-order valence-electron chi connectivity index (χ0n) is 21.2. The molecule has 0 saturated carbocycles. The number of hydrogen-bond acceptors (Lipinski definition) is 3. The number of rotatable bonds is 7. The summed E-state index contributed by atoms with van der Waals surface area (Å²) in [6.45, 7) is 3.15. The fourth-order valence-corrected chi connectivity index (χ4v) is 5.90. The normalized spacial score (nSPS) is 14.1. The predicted octanol–water partition coefficient (Wildman–Crippen LogP) is 7.84. The molecule has 1 aliphatic heterocycles. The monoisotopic (exact) mass is 644 g/mol. The van der Waals surface area contributed by atoms with E-state index in [2.05, 4.69) is 92.6 Å². The van der Waals surface area contributed by atoms with Gasteiger partial charge in [0.05, 0.1) is 11.1 Å². The minimum absolute atomic E-state index is 0.0874. The number of fused-ring (bicyclic) bond motifs is 1. The Bertz CT molecular complexity index is 1620. The summed E-state index contributed by atoms with van der Waals surface area (Å²) in [5.41, 5.74) is 4.95. The SMILES string of the molecule is C[C@@H](NCC1=C(c2ccccc2)C=CN(C(=O)c2cc(Br)c(C(=O)O)cc2Br)C1)c1cccc2ccccc12. The van der Waals surface area contributed by atoms with Gasteiger partial charge < -0.3 is 15.3 Å². The molecule has 7 heteroatoms. The summed E-state index contributed by atoms with van der Waals surface area (Å²) in [6.07, 6.45) is 3.78. The van der Waals surface area contributed by atoms with E-state index >= 15 is 0 Å². The lowest BCUT2D eigenvalue weighted by Crippen LogP contribution is -2.34. The number of carboxylic acids is 1. The van der Waals surface area contributed by atoms with Gasteiger partial charge in [0.15, 0.2) is 0 Å². The Kier molecular flexibility index (Phi) is 8.12. The average Bonchev–Trinajstić information content (AvgIpc) is 2.96. The predicted molar refractivity (Wildman–Crippen MR) is 163 cm³/mol. The minimum atomic E-state index is -1.07. The molecule has 0 saturated heterocycles. The van der Waals surface area contributed by atoms with Gasteiger partial charge in [-0.3, -0.25) is 4.79 Å². The average molecular weight is 646 g/mol. The maximum atomic E-state index is 13.6. The van der Waals surface area contributed by atoms with Crippen LogP contribution in [0.1, 0.15) is 44.8 Å². The Morgan fingerprint density at radius 3 is 2.36 bits per heavy atom. The van der Waals surface area contributed by atoms with Crippen LogP contribution in [0.25, 0.3) is 16.3 Å². The maximum Gasteiger partial charge on any atom is 0.336 e. The van der Waals surface area contributed by atoms with Crippen molar-refractivity contribution < 1.29 is 14.7 Å². The molecule has 1 atom stereocenters. The van der Waals surface area contributed by atoms with E-state index in [4.69, 9.17) is 0 Å². The van der Waals surface area contributed by atoms with E-state index in [1.807, 2.05) is 30.3 Å². The molecule has 0 spiro atoms. The molecule has 0 aliphatic carbocycles. The van der Waals surface area contributed by atoms with Gasteiger partial charge in [-0.1, -0.05) is 72.8 Å². The summed E-state index contributed by atoms with van der Waals surface area (Å²) in [7, 11) is 0. The van der Waals surface area contributed by atoms with Crippen molar-refractivity contribution in [1.29, 1.82) is 0 Å². The first kappa shape index (κ1) is 27.1. The summed E-state index contributed by atoms with van der Waals surface area (Å²) in [5, 5.41) is 15.5. The number of nitrogens with one attached hydrogen (secondary N) is 1. The summed E-state index contributed by atoms with van der Waals surface area (Å²) in [6, 6.07) is 28.0. The van der Waals surface area contributed by atoms with Crippen molar-refractivity contribution >= 4 is 60.1 Å². The van der Waals surface area contributed by atoms with Gasteiger partial charge in [0.1, 0.15) is 0 Å². The molecule has 1 aliphatic rings. The fraction of sp³-hybridized carbons (Fsp3) is 0.125. The fourth-order valence-electron chi connectivity index (χ4n) is 4.88. The molecular formula is C32H26Br2N2O3. The molecule has 0 bridgehead atoms. The van der Waals surface area contributed by atoms with E-state index in [0.29, 0.717) is 27.6 Å². The number of allylic oxidation sites excluding steroid dienone is 2. The van der Waals surface area contributed by atoms with E-state index in [9.17, 15) is 14.7 Å². The second-order valence-corrected chi connectivity index (χ2v) is 11.1. The summed E-state index contributed by atoms with van der Waals surface area (Å²) < 4.78 is 0.789. The molecule has 1 amide bonds. The second kappa shape index (κ2) is 11.7. The second-order valence-electron chi connectivity index (χ2n) is 9.42. The van der Waals surface area contributed by atoms with Crippen LogP contribution in [-0.2, 0) is 0 Å². The summed E-state index contributed by atoms with van der Waals surface area (Å²) in [4.78, 5) is 26.7. The Morgan fingerprint density at radius 1 is 0.923 bits per heavy atom. The first-order valence-corrected chi connectivity index (χ1v) is 14.1. The first-order chi connectivity index (χ1) is 18.8. The highest BCUT2D eigenvalue weighted by Gasteiger charge is 2.24. The molecule has 0 fully saturated rings. The van der Waals surface area contributed by atoms with Crippen molar-refractivity contribution in [3.8, 4) is 0 Å². The molecule has 0 aromatic heterocycles. The molecule has 4 aromatic rings. The molecule has 196 valence electrons. The van der Waals surface area contributed by atoms with E-state index in [-0.39, 0.29) is 17.5 Å². The van der Waals surface area contributed by atoms with Gasteiger partial charge in [0.25, 0.3) is 5.91 Å². The van der Waals surface area contributed by atoms with Gasteiger partial charge in [-0.05, 0) is 90.0 Å². The van der Waals surface area contributed by atoms with Crippen LogP contribution in [0.15, 0.2) is 112 Å². The van der Waals surface area contributed by atoms with Crippen LogP contribution >= 0.6 is 31.9 Å². The van der Waals surface area contributed by atoms with Crippen LogP contribution in [0.3, 0.4) is 0 Å². The Morgan fingerprint density at radius 2 is 1.59 bits per heavy atom. The summed E-state index contributed by atoms with van der Waals surface area (Å²) in [5.74, 6) is -1.29. The number of benzene rings is 4. The quantitative estimate of drug-likeness (QED) is 0.215. The number of nitrogens with zero attached hydrogens (tertiary/aromatic N) is 1. The zero-order valence-corrected chi connectivity index (χ0v) is 24.4. The van der Waals surface area contributed by atoms with Crippen LogP contribution in [0, 0.1) is 0 Å². The smallest absolute Gasteiger partial charge is 0.336 e. The number of carbonyl (C=O) groups is 2. The highest BCUT2D eigenvalue weighted by atomic mass is 79.9. The van der Waals surface area contributed by atoms with Crippen LogP contribution in [-0.4, -0.2) is 35.0 Å². The molecule has 5 nitrogen and oxygen atoms in total. The number of carboxylic acid groups (broad SMARTS) is 1. The lowest BCUT2D eigenvalue weighted by Gasteiger charge is -2.28. The lowest BCUT2D eigenvalue weighted by molar-refractivity contribution is 0.0694. The van der Waals surface area contributed by atoms with Crippen LogP contribution in [0.2, 0.25) is 0 Å². The standard InChI is InChI=1S/C32H26Br2N2O3/c1-20(24-13-7-11-22-10-5-6-12-26(22)24)35-18-23-19-36(15-14-25(23)21-8-3-2-4-9-21)31(37)27-16-30(34)28(32(38)39)17-29(27)33/h2-17,20,35H,18-19H2,1H3,(H,38,39)/t20-/m1/s1. The molecule has 0 unspecified atom stereocenters. The molecule has 1 heterocycles. The Hall–Kier alpha value is -3.52. The van der Waals surface area contributed by atoms with Crippen molar-refractivity contribution in [2.45, 2.75) is 13.0 Å². The van der Waals surface area contributed by atoms with E-state index in [1.165, 1.54) is 22.4 Å². The topological polar surface area (TPSA) is 69.6 Å². The number of amides is 1. The van der Waals surface area contributed by atoms with Gasteiger partial charge in [-0.15, -0.1) is 0 Å². The highest BCUT2D eigenvalue weighted by molar-refractivity contribution is 9.11. The van der Waals surface area contributed by atoms with Crippen molar-refractivity contribution in [2.24, 2.45) is 0 Å². The molecule has 0 radical (unpaired) electrons. The van der Waals surface area contributed by atoms with Crippen molar-refractivity contribution in [3.05, 3.63) is 134 Å². The lowest BCUT2D eigenvalue weighted by atomic mass is 9.95. The van der Waals surface area contributed by atoms with Gasteiger partial charge in [-0.2, -0.15) is 0 Å². The third-order valence-corrected chi connectivity index (χ3v) is 8.25. The number of hydrogen-bond donors (Lipinski definition) is 2. The maximum absolute atomic E-state index is 13.6. The third kappa shape index (κ3) is 5.76. The van der Waals surface area contributed by atoms with Gasteiger partial charge in [-0.25, -0.2) is 4.79 Å². The molecule has 4 aromatic carbocycles. The largest absolute Gasteiger partial charge is 0.478 e. The van der Waals surface area contributed by atoms with Gasteiger partial charge in [0, 0.05) is 34.3 Å². The van der Waals surface area contributed by atoms with Crippen molar-refractivity contribution in [1.82, 2.24) is 10.2 Å². The minimum Gasteiger partial charge on any atom is -0.478 e. The van der Waals surface area contributed by atoms with Gasteiger partial charge >= 0.3 is 5.97 Å². The molecular weight excluding hydrogens is 620 g/mol. The Balaban J connectivity index is 1.43. The highest BCUT2D eigenvalue weighted by Crippen LogP contribution is 2.31. The number of carbonyl (C=O) groups excluding carboxylic acids is 1. The molecule has 39 heavy (non-hydrogen) atoms. The Labute approximate surface area is 244 Å². The van der Waals surface area contributed by atoms with E-state index < -0.39 is 5.97 Å². The molecule has 5 rings (SSSR count). The zero-order chi connectivity index (χ0) is 27.5. The van der Waals surface area contributed by atoms with Crippen LogP contribution in [0.4, 0.5) is 0 Å². The number of halogens is 2. The third-order valence-electron chi connectivity index (χ3n) is 6.94. The summed E-state index contributed by atoms with van der Waals surface area (Å²) >= 11 is 6.69. The van der Waals surface area contributed by atoms with Crippen LogP contribution in [0.5, 0.6) is 0 Å².